The van der Waals surface area contributed by atoms with E-state index in [1.807, 2.05) is 24.3 Å². The van der Waals surface area contributed by atoms with Crippen LogP contribution in [0.1, 0.15) is 35.6 Å². The van der Waals surface area contributed by atoms with Gasteiger partial charge < -0.3 is 0 Å². The number of rotatable bonds is 3. The van der Waals surface area contributed by atoms with Crippen molar-refractivity contribution in [1.82, 2.24) is 4.31 Å². The Balaban J connectivity index is 1.96. The third-order valence-corrected chi connectivity index (χ3v) is 6.32. The van der Waals surface area contributed by atoms with Crippen molar-refractivity contribution in [2.45, 2.75) is 30.2 Å². The van der Waals surface area contributed by atoms with Gasteiger partial charge in [-0.25, -0.2) is 8.42 Å². The largest absolute Gasteiger partial charge is 0.243 e. The molecule has 0 radical (unpaired) electrons. The third kappa shape index (κ3) is 2.88. The fourth-order valence-corrected chi connectivity index (χ4v) is 4.51. The van der Waals surface area contributed by atoms with Crippen molar-refractivity contribution in [3.8, 4) is 6.07 Å². The van der Waals surface area contributed by atoms with E-state index < -0.39 is 10.0 Å². The van der Waals surface area contributed by atoms with Crippen LogP contribution in [0.2, 0.25) is 0 Å². The number of aryl methyl sites for hydroxylation is 1. The second-order valence-corrected chi connectivity index (χ2v) is 7.76. The van der Waals surface area contributed by atoms with Gasteiger partial charge in [0.05, 0.1) is 16.5 Å². The molecule has 0 bridgehead atoms. The molecule has 3 rings (SSSR count). The summed E-state index contributed by atoms with van der Waals surface area (Å²) in [6.07, 6.45) is 2.80. The monoisotopic (exact) mass is 326 g/mol. The zero-order valence-corrected chi connectivity index (χ0v) is 13.8. The molecule has 4 nitrogen and oxygen atoms in total. The smallest absolute Gasteiger partial charge is 0.207 e. The number of benzene rings is 2. The molecule has 0 aromatic heterocycles. The van der Waals surface area contributed by atoms with Crippen molar-refractivity contribution < 1.29 is 8.42 Å². The summed E-state index contributed by atoms with van der Waals surface area (Å²) in [6.45, 7) is 0. The molecule has 23 heavy (non-hydrogen) atoms. The highest BCUT2D eigenvalue weighted by Gasteiger charge is 2.31. The molecule has 0 fully saturated rings. The fourth-order valence-electron chi connectivity index (χ4n) is 3.14. The number of nitriles is 1. The minimum atomic E-state index is -3.58. The number of hydrogen-bond donors (Lipinski definition) is 0. The topological polar surface area (TPSA) is 61.2 Å². The Bertz CT molecular complexity index is 851. The summed E-state index contributed by atoms with van der Waals surface area (Å²) in [4.78, 5) is 0.224. The summed E-state index contributed by atoms with van der Waals surface area (Å²) in [7, 11) is -1.94. The van der Waals surface area contributed by atoms with Gasteiger partial charge in [-0.05, 0) is 54.7 Å². The first-order valence-corrected chi connectivity index (χ1v) is 9.04. The van der Waals surface area contributed by atoms with Crippen LogP contribution < -0.4 is 0 Å². The molecule has 1 aliphatic carbocycles. The van der Waals surface area contributed by atoms with Crippen molar-refractivity contribution in [2.24, 2.45) is 0 Å². The molecule has 0 unspecified atom stereocenters. The van der Waals surface area contributed by atoms with Crippen LogP contribution in [-0.4, -0.2) is 19.8 Å². The SMILES string of the molecule is CN([C@@H]1CCCc2ccccc21)S(=O)(=O)c1ccc(C#N)cc1. The highest BCUT2D eigenvalue weighted by atomic mass is 32.2. The number of nitrogens with zero attached hydrogens (tertiary/aromatic N) is 2. The molecule has 0 heterocycles. The highest BCUT2D eigenvalue weighted by molar-refractivity contribution is 7.89. The van der Waals surface area contributed by atoms with Gasteiger partial charge in [-0.15, -0.1) is 0 Å². The Kier molecular flexibility index (Phi) is 4.20. The maximum Gasteiger partial charge on any atom is 0.243 e. The lowest BCUT2D eigenvalue weighted by molar-refractivity contribution is 0.337. The lowest BCUT2D eigenvalue weighted by atomic mass is 9.88. The van der Waals surface area contributed by atoms with Gasteiger partial charge in [0.1, 0.15) is 0 Å². The average molecular weight is 326 g/mol. The molecule has 0 saturated heterocycles. The van der Waals surface area contributed by atoms with Crippen molar-refractivity contribution in [3.05, 3.63) is 65.2 Å². The van der Waals surface area contributed by atoms with Crippen molar-refractivity contribution in [1.29, 1.82) is 5.26 Å². The summed E-state index contributed by atoms with van der Waals surface area (Å²) in [5.74, 6) is 0. The summed E-state index contributed by atoms with van der Waals surface area (Å²) in [5, 5.41) is 8.84. The van der Waals surface area contributed by atoms with Crippen molar-refractivity contribution in [3.63, 3.8) is 0 Å². The maximum absolute atomic E-state index is 12.9. The standard InChI is InChI=1S/C18H18N2O2S/c1-20(18-8-4-6-15-5-2-3-7-17(15)18)23(21,22)16-11-9-14(13-19)10-12-16/h2-3,5,7,9-12,18H,4,6,8H2,1H3/t18-/m1/s1. The molecule has 5 heteroatoms. The minimum Gasteiger partial charge on any atom is -0.207 e. The summed E-state index contributed by atoms with van der Waals surface area (Å²) >= 11 is 0. The van der Waals surface area contributed by atoms with Crippen LogP contribution >= 0.6 is 0 Å². The second-order valence-electron chi connectivity index (χ2n) is 5.76. The van der Waals surface area contributed by atoms with Crippen LogP contribution in [0.4, 0.5) is 0 Å². The Hall–Kier alpha value is -2.16. The van der Waals surface area contributed by atoms with E-state index in [1.54, 1.807) is 7.05 Å². The normalized spacial score (nSPS) is 17.5. The fraction of sp³-hybridized carbons (Fsp3) is 0.278. The molecular formula is C18H18N2O2S. The van der Waals surface area contributed by atoms with E-state index >= 15 is 0 Å². The molecule has 2 aromatic carbocycles. The molecule has 1 atom stereocenters. The van der Waals surface area contributed by atoms with Gasteiger partial charge >= 0.3 is 0 Å². The maximum atomic E-state index is 12.9. The lowest BCUT2D eigenvalue weighted by Gasteiger charge is -2.32. The van der Waals surface area contributed by atoms with Gasteiger partial charge in [-0.1, -0.05) is 24.3 Å². The lowest BCUT2D eigenvalue weighted by Crippen LogP contribution is -2.33. The predicted octanol–water partition coefficient (Wildman–Crippen LogP) is 3.26. The molecule has 0 amide bonds. The summed E-state index contributed by atoms with van der Waals surface area (Å²) in [6, 6.07) is 16.0. The number of fused-ring (bicyclic) bond motifs is 1. The van der Waals surface area contributed by atoms with Crippen LogP contribution in [0.3, 0.4) is 0 Å². The zero-order valence-electron chi connectivity index (χ0n) is 12.9. The molecule has 0 saturated carbocycles. The van der Waals surface area contributed by atoms with E-state index in [-0.39, 0.29) is 10.9 Å². The van der Waals surface area contributed by atoms with Gasteiger partial charge in [0.2, 0.25) is 10.0 Å². The predicted molar refractivity (Wildman–Crippen MR) is 88.2 cm³/mol. The van der Waals surface area contributed by atoms with E-state index in [1.165, 1.54) is 34.1 Å². The molecular weight excluding hydrogens is 308 g/mol. The summed E-state index contributed by atoms with van der Waals surface area (Å²) < 4.78 is 27.2. The van der Waals surface area contributed by atoms with Crippen LogP contribution in [0, 0.1) is 11.3 Å². The molecule has 2 aromatic rings. The first-order chi connectivity index (χ1) is 11.0. The Labute approximate surface area is 137 Å². The summed E-state index contributed by atoms with van der Waals surface area (Å²) in [5.41, 5.74) is 2.78. The zero-order chi connectivity index (χ0) is 16.4. The second kappa shape index (κ2) is 6.15. The molecule has 118 valence electrons. The van der Waals surface area contributed by atoms with Crippen LogP contribution in [0.15, 0.2) is 53.4 Å². The van der Waals surface area contributed by atoms with E-state index in [0.29, 0.717) is 5.56 Å². The average Bonchev–Trinajstić information content (AvgIpc) is 2.60. The van der Waals surface area contributed by atoms with E-state index in [2.05, 4.69) is 6.07 Å². The van der Waals surface area contributed by atoms with Crippen LogP contribution in [-0.2, 0) is 16.4 Å². The minimum absolute atomic E-state index is 0.138. The van der Waals surface area contributed by atoms with E-state index in [9.17, 15) is 8.42 Å². The first-order valence-electron chi connectivity index (χ1n) is 7.60. The molecule has 0 aliphatic heterocycles. The number of sulfonamides is 1. The van der Waals surface area contributed by atoms with Crippen molar-refractivity contribution >= 4 is 10.0 Å². The van der Waals surface area contributed by atoms with Gasteiger partial charge in [0, 0.05) is 13.1 Å². The first kappa shape index (κ1) is 15.7. The Morgan fingerprint density at radius 3 is 2.52 bits per heavy atom. The van der Waals surface area contributed by atoms with Crippen LogP contribution in [0.5, 0.6) is 0 Å². The molecule has 0 spiro atoms. The van der Waals surface area contributed by atoms with Crippen molar-refractivity contribution in [2.75, 3.05) is 7.05 Å². The van der Waals surface area contributed by atoms with Gasteiger partial charge in [-0.3, -0.25) is 0 Å². The van der Waals surface area contributed by atoms with Gasteiger partial charge in [0.25, 0.3) is 0 Å². The molecule has 0 N–H and O–H groups in total. The van der Waals surface area contributed by atoms with E-state index in [0.717, 1.165) is 24.8 Å². The molecule has 1 aliphatic rings. The van der Waals surface area contributed by atoms with Gasteiger partial charge in [-0.2, -0.15) is 9.57 Å². The Morgan fingerprint density at radius 1 is 1.13 bits per heavy atom. The third-order valence-electron chi connectivity index (χ3n) is 4.44. The van der Waals surface area contributed by atoms with E-state index in [4.69, 9.17) is 5.26 Å². The number of hydrogen-bond acceptors (Lipinski definition) is 3. The Morgan fingerprint density at radius 2 is 1.83 bits per heavy atom. The van der Waals surface area contributed by atoms with Gasteiger partial charge in [0.15, 0.2) is 0 Å². The van der Waals surface area contributed by atoms with Crippen LogP contribution in [0.25, 0.3) is 0 Å². The highest BCUT2D eigenvalue weighted by Crippen LogP contribution is 2.36. The quantitative estimate of drug-likeness (QED) is 0.870.